The van der Waals surface area contributed by atoms with Gasteiger partial charge in [0.2, 0.25) is 11.8 Å². The molecule has 0 spiro atoms. The summed E-state index contributed by atoms with van der Waals surface area (Å²) in [5.74, 6) is -0.123. The first-order valence-corrected chi connectivity index (χ1v) is 11.2. The lowest BCUT2D eigenvalue weighted by Gasteiger charge is -2.13. The average Bonchev–Trinajstić information content (AvgIpc) is 3.40. The Kier molecular flexibility index (Phi) is 7.42. The molecule has 3 heterocycles. The minimum absolute atomic E-state index is 0.0803. The van der Waals surface area contributed by atoms with Crippen LogP contribution in [-0.4, -0.2) is 44.9 Å². The zero-order valence-corrected chi connectivity index (χ0v) is 20.9. The van der Waals surface area contributed by atoms with Gasteiger partial charge in [-0.05, 0) is 55.3 Å². The molecule has 4 aromatic rings. The molecule has 0 bridgehead atoms. The number of esters is 1. The number of rotatable bonds is 7. The first-order valence-electron chi connectivity index (χ1n) is 11.2. The van der Waals surface area contributed by atoms with E-state index in [0.29, 0.717) is 22.4 Å². The van der Waals surface area contributed by atoms with E-state index >= 15 is 0 Å². The smallest absolute Gasteiger partial charge is 0.435 e. The van der Waals surface area contributed by atoms with Crippen molar-refractivity contribution in [1.82, 2.24) is 24.7 Å². The summed E-state index contributed by atoms with van der Waals surface area (Å²) in [5, 5.41) is 6.77. The number of carbonyl (C=O) groups is 1. The van der Waals surface area contributed by atoms with Gasteiger partial charge < -0.3 is 14.8 Å². The fourth-order valence-corrected chi connectivity index (χ4v) is 3.49. The number of pyridine rings is 1. The number of nitrogens with zero attached hydrogens (tertiary/aromatic N) is 5. The van der Waals surface area contributed by atoms with Crippen LogP contribution >= 0.6 is 0 Å². The SMILES string of the molecule is COC(=O)C=Cc1cc(-c2cnc(Nc3ccc(C)c(C)c3)nc2-n2ccc(C(F)(F)F)n2)cnc1OC. The van der Waals surface area contributed by atoms with E-state index in [-0.39, 0.29) is 17.6 Å². The number of halogens is 3. The Balaban J connectivity index is 1.83. The second kappa shape index (κ2) is 10.7. The molecule has 196 valence electrons. The van der Waals surface area contributed by atoms with Crippen LogP contribution in [0.4, 0.5) is 24.8 Å². The lowest BCUT2D eigenvalue weighted by molar-refractivity contribution is -0.141. The number of alkyl halides is 3. The molecule has 4 rings (SSSR count). The van der Waals surface area contributed by atoms with Crippen LogP contribution < -0.4 is 10.1 Å². The maximum absolute atomic E-state index is 13.3. The Morgan fingerprint density at radius 2 is 1.84 bits per heavy atom. The number of ether oxygens (including phenoxy) is 2. The summed E-state index contributed by atoms with van der Waals surface area (Å²) >= 11 is 0. The third kappa shape index (κ3) is 5.80. The Hall–Kier alpha value is -4.74. The molecule has 0 atom stereocenters. The van der Waals surface area contributed by atoms with Gasteiger partial charge in [-0.25, -0.2) is 19.4 Å². The zero-order valence-electron chi connectivity index (χ0n) is 20.9. The molecule has 1 aromatic carbocycles. The van der Waals surface area contributed by atoms with E-state index < -0.39 is 17.8 Å². The molecule has 0 aliphatic heterocycles. The summed E-state index contributed by atoms with van der Waals surface area (Å²) in [6.07, 6.45) is 2.10. The lowest BCUT2D eigenvalue weighted by Crippen LogP contribution is -2.10. The fraction of sp³-hybridized carbons (Fsp3) is 0.192. The van der Waals surface area contributed by atoms with Gasteiger partial charge in [0, 0.05) is 47.0 Å². The summed E-state index contributed by atoms with van der Waals surface area (Å²) in [4.78, 5) is 24.7. The third-order valence-corrected chi connectivity index (χ3v) is 5.61. The predicted octanol–water partition coefficient (Wildman–Crippen LogP) is 5.30. The largest absolute Gasteiger partial charge is 0.481 e. The molecule has 3 aromatic heterocycles. The highest BCUT2D eigenvalue weighted by atomic mass is 19.4. The van der Waals surface area contributed by atoms with E-state index in [1.165, 1.54) is 45.0 Å². The lowest BCUT2D eigenvalue weighted by atomic mass is 10.1. The number of carbonyl (C=O) groups excluding carboxylic acids is 1. The molecule has 0 aliphatic rings. The molecule has 0 fully saturated rings. The minimum atomic E-state index is -4.63. The quantitative estimate of drug-likeness (QED) is 0.257. The first kappa shape index (κ1) is 26.3. The van der Waals surface area contributed by atoms with Crippen LogP contribution in [0.5, 0.6) is 5.88 Å². The second-order valence-corrected chi connectivity index (χ2v) is 8.18. The molecular formula is C26H23F3N6O3. The van der Waals surface area contributed by atoms with Crippen LogP contribution in [-0.2, 0) is 15.7 Å². The van der Waals surface area contributed by atoms with Crippen molar-refractivity contribution in [2.24, 2.45) is 0 Å². The van der Waals surface area contributed by atoms with Crippen LogP contribution in [0.1, 0.15) is 22.4 Å². The van der Waals surface area contributed by atoms with E-state index in [9.17, 15) is 18.0 Å². The molecule has 38 heavy (non-hydrogen) atoms. The molecule has 1 N–H and O–H groups in total. The molecule has 0 saturated carbocycles. The Morgan fingerprint density at radius 3 is 2.50 bits per heavy atom. The number of hydrogen-bond acceptors (Lipinski definition) is 8. The highest BCUT2D eigenvalue weighted by Gasteiger charge is 2.34. The fourth-order valence-electron chi connectivity index (χ4n) is 3.49. The maximum Gasteiger partial charge on any atom is 0.435 e. The van der Waals surface area contributed by atoms with Gasteiger partial charge in [-0.15, -0.1) is 0 Å². The van der Waals surface area contributed by atoms with Gasteiger partial charge in [0.15, 0.2) is 11.5 Å². The molecule has 0 aliphatic carbocycles. The summed E-state index contributed by atoms with van der Waals surface area (Å²) in [6.45, 7) is 3.94. The third-order valence-electron chi connectivity index (χ3n) is 5.61. The number of hydrogen-bond donors (Lipinski definition) is 1. The van der Waals surface area contributed by atoms with Crippen LogP contribution in [0, 0.1) is 13.8 Å². The summed E-state index contributed by atoms with van der Waals surface area (Å²) in [7, 11) is 2.66. The highest BCUT2D eigenvalue weighted by molar-refractivity contribution is 5.88. The van der Waals surface area contributed by atoms with Gasteiger partial charge in [0.25, 0.3) is 0 Å². The second-order valence-electron chi connectivity index (χ2n) is 8.18. The number of methoxy groups -OCH3 is 2. The monoisotopic (exact) mass is 524 g/mol. The molecule has 9 nitrogen and oxygen atoms in total. The van der Waals surface area contributed by atoms with Crippen molar-refractivity contribution in [3.63, 3.8) is 0 Å². The first-order chi connectivity index (χ1) is 18.1. The topological polar surface area (TPSA) is 104 Å². The minimum Gasteiger partial charge on any atom is -0.481 e. The van der Waals surface area contributed by atoms with Crippen molar-refractivity contribution in [3.05, 3.63) is 77.4 Å². The van der Waals surface area contributed by atoms with Crippen LogP contribution in [0.3, 0.4) is 0 Å². The van der Waals surface area contributed by atoms with Crippen molar-refractivity contribution < 1.29 is 27.4 Å². The van der Waals surface area contributed by atoms with Crippen LogP contribution in [0.15, 0.2) is 55.0 Å². The van der Waals surface area contributed by atoms with E-state index in [2.05, 4.69) is 30.1 Å². The number of benzene rings is 1. The standard InChI is InChI=1S/C26H23F3N6O3/c1-15-5-7-19(11-16(15)2)32-25-31-14-20(23(33-25)35-10-9-21(34-35)26(27,28)29)18-12-17(6-8-22(36)37-3)24(38-4)30-13-18/h5-14H,1-4H3,(H,31,32,33). The van der Waals surface area contributed by atoms with Crippen molar-refractivity contribution in [2.45, 2.75) is 20.0 Å². The van der Waals surface area contributed by atoms with Gasteiger partial charge in [0.1, 0.15) is 0 Å². The van der Waals surface area contributed by atoms with E-state index in [1.807, 2.05) is 32.0 Å². The molecule has 0 amide bonds. The van der Waals surface area contributed by atoms with Crippen molar-refractivity contribution >= 4 is 23.7 Å². The van der Waals surface area contributed by atoms with Crippen molar-refractivity contribution in [3.8, 4) is 22.8 Å². The molecule has 0 saturated heterocycles. The van der Waals surface area contributed by atoms with Gasteiger partial charge in [0.05, 0.1) is 14.2 Å². The molecular weight excluding hydrogens is 501 g/mol. The van der Waals surface area contributed by atoms with Crippen LogP contribution in [0.25, 0.3) is 23.0 Å². The van der Waals surface area contributed by atoms with Crippen LogP contribution in [0.2, 0.25) is 0 Å². The Labute approximate surface area is 216 Å². The van der Waals surface area contributed by atoms with Gasteiger partial charge in [-0.2, -0.15) is 23.3 Å². The molecule has 0 radical (unpaired) electrons. The number of anilines is 2. The summed E-state index contributed by atoms with van der Waals surface area (Å²) < 4.78 is 50.8. The zero-order chi connectivity index (χ0) is 27.4. The normalized spacial score (nSPS) is 11.6. The highest BCUT2D eigenvalue weighted by Crippen LogP contribution is 2.32. The van der Waals surface area contributed by atoms with Gasteiger partial charge >= 0.3 is 12.1 Å². The maximum atomic E-state index is 13.3. The van der Waals surface area contributed by atoms with Crippen molar-refractivity contribution in [2.75, 3.05) is 19.5 Å². The van der Waals surface area contributed by atoms with Gasteiger partial charge in [-0.1, -0.05) is 6.07 Å². The van der Waals surface area contributed by atoms with E-state index in [1.54, 1.807) is 6.07 Å². The van der Waals surface area contributed by atoms with E-state index in [0.717, 1.165) is 21.9 Å². The molecule has 12 heteroatoms. The average molecular weight is 525 g/mol. The van der Waals surface area contributed by atoms with E-state index in [4.69, 9.17) is 4.74 Å². The summed E-state index contributed by atoms with van der Waals surface area (Å²) in [5.41, 5.74) is 3.01. The number of aromatic nitrogens is 5. The van der Waals surface area contributed by atoms with Crippen molar-refractivity contribution in [1.29, 1.82) is 0 Å². The van der Waals surface area contributed by atoms with Gasteiger partial charge in [-0.3, -0.25) is 0 Å². The Morgan fingerprint density at radius 1 is 1.05 bits per heavy atom. The Bertz CT molecular complexity index is 1510. The number of aryl methyl sites for hydroxylation is 2. The molecule has 0 unspecified atom stereocenters. The predicted molar refractivity (Wildman–Crippen MR) is 134 cm³/mol. The number of nitrogens with one attached hydrogen (secondary N) is 1. The summed E-state index contributed by atoms with van der Waals surface area (Å²) in [6, 6.07) is 8.19.